The number of nitrogens with zero attached hydrogens (tertiary/aromatic N) is 4. The molecule has 3 aliphatic rings. The molecule has 3 amide bonds. The SMILES string of the molecule is COc1ccc(C)cc1N1CCCN2C1=NC1C2C(=O)NC(=O)N1C. The Morgan fingerprint density at radius 2 is 2.08 bits per heavy atom. The first-order valence-electron chi connectivity index (χ1n) is 8.35. The predicted octanol–water partition coefficient (Wildman–Crippen LogP) is 0.762. The highest BCUT2D eigenvalue weighted by atomic mass is 16.5. The number of amides is 3. The van der Waals surface area contributed by atoms with E-state index in [2.05, 4.69) is 16.3 Å². The number of likely N-dealkylation sites (N-methyl/N-ethyl adjacent to an activating group) is 1. The maximum absolute atomic E-state index is 12.4. The number of hydrogen-bond donors (Lipinski definition) is 1. The average Bonchev–Trinajstić information content (AvgIpc) is 3.00. The van der Waals surface area contributed by atoms with E-state index < -0.39 is 18.2 Å². The van der Waals surface area contributed by atoms with Crippen molar-refractivity contribution >= 4 is 23.6 Å². The zero-order chi connectivity index (χ0) is 17.7. The highest BCUT2D eigenvalue weighted by Gasteiger charge is 2.50. The zero-order valence-electron chi connectivity index (χ0n) is 14.5. The van der Waals surface area contributed by atoms with Gasteiger partial charge in [0.2, 0.25) is 5.96 Å². The minimum Gasteiger partial charge on any atom is -0.495 e. The van der Waals surface area contributed by atoms with Crippen molar-refractivity contribution < 1.29 is 14.3 Å². The molecular weight excluding hydrogens is 322 g/mol. The summed E-state index contributed by atoms with van der Waals surface area (Å²) in [6.07, 6.45) is 0.400. The first-order chi connectivity index (χ1) is 12.0. The van der Waals surface area contributed by atoms with E-state index in [1.165, 1.54) is 4.90 Å². The number of urea groups is 1. The molecule has 0 spiro atoms. The molecule has 1 aromatic rings. The minimum absolute atomic E-state index is 0.287. The molecule has 2 atom stereocenters. The summed E-state index contributed by atoms with van der Waals surface area (Å²) in [5.41, 5.74) is 2.05. The number of imide groups is 1. The van der Waals surface area contributed by atoms with Gasteiger partial charge in [-0.05, 0) is 31.0 Å². The van der Waals surface area contributed by atoms with Gasteiger partial charge in [0, 0.05) is 20.1 Å². The zero-order valence-corrected chi connectivity index (χ0v) is 14.5. The lowest BCUT2D eigenvalue weighted by Gasteiger charge is -2.40. The van der Waals surface area contributed by atoms with E-state index in [0.717, 1.165) is 42.5 Å². The second kappa shape index (κ2) is 5.65. The summed E-state index contributed by atoms with van der Waals surface area (Å²) >= 11 is 0. The summed E-state index contributed by atoms with van der Waals surface area (Å²) in [6, 6.07) is 5.11. The van der Waals surface area contributed by atoms with Crippen LogP contribution >= 0.6 is 0 Å². The van der Waals surface area contributed by atoms with E-state index in [1.807, 2.05) is 24.0 Å². The molecule has 0 aromatic heterocycles. The Morgan fingerprint density at radius 1 is 1.28 bits per heavy atom. The summed E-state index contributed by atoms with van der Waals surface area (Å²) in [7, 11) is 3.31. The molecule has 2 fully saturated rings. The Morgan fingerprint density at radius 3 is 2.84 bits per heavy atom. The van der Waals surface area contributed by atoms with E-state index in [-0.39, 0.29) is 5.91 Å². The molecule has 2 unspecified atom stereocenters. The number of guanidine groups is 1. The number of aliphatic imine (C=N–C) groups is 1. The number of aryl methyl sites for hydroxylation is 1. The van der Waals surface area contributed by atoms with Crippen molar-refractivity contribution in [3.63, 3.8) is 0 Å². The van der Waals surface area contributed by atoms with Gasteiger partial charge < -0.3 is 19.4 Å². The molecule has 2 saturated heterocycles. The monoisotopic (exact) mass is 343 g/mol. The maximum Gasteiger partial charge on any atom is 0.325 e. The number of carbonyl (C=O) groups excluding carboxylic acids is 2. The number of hydrogen-bond acceptors (Lipinski definition) is 6. The third kappa shape index (κ3) is 2.32. The third-order valence-electron chi connectivity index (χ3n) is 4.99. The van der Waals surface area contributed by atoms with Gasteiger partial charge in [-0.3, -0.25) is 10.1 Å². The van der Waals surface area contributed by atoms with E-state index in [4.69, 9.17) is 9.73 Å². The van der Waals surface area contributed by atoms with E-state index in [0.29, 0.717) is 0 Å². The van der Waals surface area contributed by atoms with E-state index in [9.17, 15) is 9.59 Å². The predicted molar refractivity (Wildman–Crippen MR) is 92.7 cm³/mol. The van der Waals surface area contributed by atoms with Crippen molar-refractivity contribution in [1.29, 1.82) is 0 Å². The summed E-state index contributed by atoms with van der Waals surface area (Å²) in [5, 5.41) is 2.41. The second-order valence-electron chi connectivity index (χ2n) is 6.57. The summed E-state index contributed by atoms with van der Waals surface area (Å²) in [6.45, 7) is 3.55. The Labute approximate surface area is 146 Å². The fraction of sp³-hybridized carbons (Fsp3) is 0.471. The highest BCUT2D eigenvalue weighted by molar-refractivity contribution is 6.07. The van der Waals surface area contributed by atoms with Crippen LogP contribution in [-0.2, 0) is 4.79 Å². The van der Waals surface area contributed by atoms with Gasteiger partial charge in [-0.15, -0.1) is 0 Å². The lowest BCUT2D eigenvalue weighted by Crippen LogP contribution is -2.65. The third-order valence-corrected chi connectivity index (χ3v) is 4.99. The van der Waals surface area contributed by atoms with Gasteiger partial charge in [0.25, 0.3) is 5.91 Å². The second-order valence-corrected chi connectivity index (χ2v) is 6.57. The number of benzene rings is 1. The van der Waals surface area contributed by atoms with Crippen LogP contribution in [0.3, 0.4) is 0 Å². The molecule has 1 N–H and O–H groups in total. The normalized spacial score (nSPS) is 25.4. The van der Waals surface area contributed by atoms with Crippen LogP contribution in [0.4, 0.5) is 10.5 Å². The average molecular weight is 343 g/mol. The Hall–Kier alpha value is -2.77. The maximum atomic E-state index is 12.4. The number of ether oxygens (including phenoxy) is 1. The van der Waals surface area contributed by atoms with Crippen LogP contribution in [0.25, 0.3) is 0 Å². The van der Waals surface area contributed by atoms with Gasteiger partial charge in [0.1, 0.15) is 5.75 Å². The number of fused-ring (bicyclic) bond motifs is 3. The summed E-state index contributed by atoms with van der Waals surface area (Å²) in [5.74, 6) is 1.20. The van der Waals surface area contributed by atoms with E-state index >= 15 is 0 Å². The van der Waals surface area contributed by atoms with Gasteiger partial charge in [-0.2, -0.15) is 0 Å². The van der Waals surface area contributed by atoms with Crippen LogP contribution in [0.5, 0.6) is 5.75 Å². The van der Waals surface area contributed by atoms with Crippen molar-refractivity contribution in [2.45, 2.75) is 25.6 Å². The van der Waals surface area contributed by atoms with Gasteiger partial charge in [-0.1, -0.05) is 6.07 Å². The van der Waals surface area contributed by atoms with Crippen LogP contribution in [0.2, 0.25) is 0 Å². The van der Waals surface area contributed by atoms with E-state index in [1.54, 1.807) is 14.2 Å². The fourth-order valence-electron chi connectivity index (χ4n) is 3.71. The lowest BCUT2D eigenvalue weighted by atomic mass is 10.1. The molecule has 3 heterocycles. The van der Waals surface area contributed by atoms with Crippen LogP contribution in [-0.4, -0.2) is 67.2 Å². The minimum atomic E-state index is -0.493. The highest BCUT2D eigenvalue weighted by Crippen LogP contribution is 2.35. The number of rotatable bonds is 2. The molecular formula is C17H21N5O3. The molecule has 3 aliphatic heterocycles. The first-order valence-corrected chi connectivity index (χ1v) is 8.35. The van der Waals surface area contributed by atoms with Crippen LogP contribution < -0.4 is 15.0 Å². The molecule has 4 rings (SSSR count). The largest absolute Gasteiger partial charge is 0.495 e. The van der Waals surface area contributed by atoms with Gasteiger partial charge >= 0.3 is 6.03 Å². The van der Waals surface area contributed by atoms with Crippen LogP contribution in [0.1, 0.15) is 12.0 Å². The number of carbonyl (C=O) groups is 2. The van der Waals surface area contributed by atoms with Crippen LogP contribution in [0.15, 0.2) is 23.2 Å². The first kappa shape index (κ1) is 15.7. The molecule has 8 nitrogen and oxygen atoms in total. The lowest BCUT2D eigenvalue weighted by molar-refractivity contribution is -0.127. The van der Waals surface area contributed by atoms with Gasteiger partial charge in [0.15, 0.2) is 12.2 Å². The smallest absolute Gasteiger partial charge is 0.325 e. The summed E-state index contributed by atoms with van der Waals surface area (Å²) < 4.78 is 5.52. The van der Waals surface area contributed by atoms with Crippen molar-refractivity contribution in [3.8, 4) is 5.75 Å². The molecule has 0 bridgehead atoms. The Bertz CT molecular complexity index is 778. The number of nitrogens with one attached hydrogen (secondary N) is 1. The van der Waals surface area contributed by atoms with Crippen molar-refractivity contribution in [1.82, 2.24) is 15.1 Å². The molecule has 1 aromatic carbocycles. The number of methoxy groups -OCH3 is 1. The van der Waals surface area contributed by atoms with Crippen LogP contribution in [0, 0.1) is 6.92 Å². The quantitative estimate of drug-likeness (QED) is 0.858. The standard InChI is InChI=1S/C17H21N5O3/c1-10-5-6-12(25-3)11(9-10)21-7-4-8-22-13-14(18-16(21)22)20(2)17(24)19-15(13)23/h5-6,9,13-14H,4,7-8H2,1-3H3,(H,19,23,24). The molecule has 25 heavy (non-hydrogen) atoms. The van der Waals surface area contributed by atoms with Crippen molar-refractivity contribution in [3.05, 3.63) is 23.8 Å². The van der Waals surface area contributed by atoms with Gasteiger partial charge in [-0.25, -0.2) is 9.79 Å². The van der Waals surface area contributed by atoms with Crippen molar-refractivity contribution in [2.24, 2.45) is 4.99 Å². The summed E-state index contributed by atoms with van der Waals surface area (Å²) in [4.78, 5) is 34.6. The van der Waals surface area contributed by atoms with Gasteiger partial charge in [0.05, 0.1) is 12.8 Å². The Kier molecular flexibility index (Phi) is 3.55. The topological polar surface area (TPSA) is 77.5 Å². The molecule has 132 valence electrons. The molecule has 8 heteroatoms. The molecule has 0 aliphatic carbocycles. The Balaban J connectivity index is 1.76. The number of anilines is 1. The van der Waals surface area contributed by atoms with Crippen molar-refractivity contribution in [2.75, 3.05) is 32.1 Å². The fourth-order valence-corrected chi connectivity index (χ4v) is 3.71. The molecule has 0 saturated carbocycles. The molecule has 0 radical (unpaired) electrons.